The summed E-state index contributed by atoms with van der Waals surface area (Å²) in [5, 5.41) is 5.27. The molecule has 1 atom stereocenters. The summed E-state index contributed by atoms with van der Waals surface area (Å²) < 4.78 is 25.2. The number of imide groups is 1. The minimum atomic E-state index is -3.46. The third kappa shape index (κ3) is 4.05. The molecule has 0 spiro atoms. The first kappa shape index (κ1) is 19.2. The highest BCUT2D eigenvalue weighted by molar-refractivity contribution is 7.92. The molecule has 1 aliphatic carbocycles. The van der Waals surface area contributed by atoms with Gasteiger partial charge in [-0.2, -0.15) is 0 Å². The number of anilines is 2. The summed E-state index contributed by atoms with van der Waals surface area (Å²) in [6, 6.07) is 4.17. The molecule has 9 nitrogen and oxygen atoms in total. The molecule has 0 radical (unpaired) electrons. The number of rotatable bonds is 6. The van der Waals surface area contributed by atoms with Crippen molar-refractivity contribution in [3.8, 4) is 0 Å². The molecule has 1 aliphatic heterocycles. The van der Waals surface area contributed by atoms with Gasteiger partial charge >= 0.3 is 6.03 Å². The predicted molar refractivity (Wildman–Crippen MR) is 99.6 cm³/mol. The average Bonchev–Trinajstić information content (AvgIpc) is 3.36. The monoisotopic (exact) mass is 394 g/mol. The second-order valence-corrected chi connectivity index (χ2v) is 9.00. The zero-order valence-corrected chi connectivity index (χ0v) is 16.1. The number of sulfonamides is 1. The van der Waals surface area contributed by atoms with E-state index in [1.54, 1.807) is 26.0 Å². The van der Waals surface area contributed by atoms with E-state index in [0.29, 0.717) is 16.9 Å². The molecule has 1 aromatic carbocycles. The normalized spacial score (nSPS) is 22.6. The lowest BCUT2D eigenvalue weighted by molar-refractivity contribution is -0.134. The van der Waals surface area contributed by atoms with Gasteiger partial charge in [-0.05, 0) is 50.3 Å². The number of nitrogens with zero attached hydrogens (tertiary/aromatic N) is 1. The third-order valence-corrected chi connectivity index (χ3v) is 5.40. The smallest absolute Gasteiger partial charge is 0.324 e. The van der Waals surface area contributed by atoms with Crippen LogP contribution >= 0.6 is 0 Å². The van der Waals surface area contributed by atoms with E-state index < -0.39 is 40.0 Å². The van der Waals surface area contributed by atoms with E-state index in [9.17, 15) is 22.8 Å². The van der Waals surface area contributed by atoms with Gasteiger partial charge < -0.3 is 10.6 Å². The quantitative estimate of drug-likeness (QED) is 0.622. The van der Waals surface area contributed by atoms with Gasteiger partial charge in [-0.25, -0.2) is 13.2 Å². The Bertz CT molecular complexity index is 925. The number of hydrogen-bond donors (Lipinski definition) is 3. The van der Waals surface area contributed by atoms with Crippen molar-refractivity contribution in [2.45, 2.75) is 32.2 Å². The fraction of sp³-hybridized carbons (Fsp3) is 0.471. The molecule has 4 amide bonds. The maximum absolute atomic E-state index is 12.5. The van der Waals surface area contributed by atoms with E-state index in [1.807, 2.05) is 0 Å². The summed E-state index contributed by atoms with van der Waals surface area (Å²) in [5.41, 5.74) is 0.446. The highest BCUT2D eigenvalue weighted by Crippen LogP contribution is 2.42. The van der Waals surface area contributed by atoms with Gasteiger partial charge in [0.2, 0.25) is 15.9 Å². The summed E-state index contributed by atoms with van der Waals surface area (Å²) in [6.07, 6.45) is 2.79. The van der Waals surface area contributed by atoms with Crippen molar-refractivity contribution in [2.24, 2.45) is 5.92 Å². The highest BCUT2D eigenvalue weighted by Gasteiger charge is 2.56. The van der Waals surface area contributed by atoms with Crippen LogP contribution in [-0.2, 0) is 19.6 Å². The zero-order valence-electron chi connectivity index (χ0n) is 15.3. The zero-order chi connectivity index (χ0) is 20.0. The lowest BCUT2D eigenvalue weighted by Crippen LogP contribution is -2.46. The topological polar surface area (TPSA) is 125 Å². The number of carbonyl (C=O) groups excluding carboxylic acids is 3. The van der Waals surface area contributed by atoms with E-state index in [0.717, 1.165) is 24.0 Å². The van der Waals surface area contributed by atoms with Crippen LogP contribution in [0.4, 0.5) is 16.2 Å². The molecule has 0 bridgehead atoms. The lowest BCUT2D eigenvalue weighted by atomic mass is 9.96. The van der Waals surface area contributed by atoms with Crippen molar-refractivity contribution >= 4 is 39.2 Å². The van der Waals surface area contributed by atoms with Gasteiger partial charge in [-0.1, -0.05) is 6.07 Å². The van der Waals surface area contributed by atoms with Crippen molar-refractivity contribution < 1.29 is 22.8 Å². The molecule has 3 rings (SSSR count). The van der Waals surface area contributed by atoms with Crippen LogP contribution in [0.2, 0.25) is 0 Å². The van der Waals surface area contributed by atoms with Crippen LogP contribution < -0.4 is 15.4 Å². The molecule has 1 saturated carbocycles. The summed E-state index contributed by atoms with van der Waals surface area (Å²) in [4.78, 5) is 37.9. The Morgan fingerprint density at radius 3 is 2.59 bits per heavy atom. The fourth-order valence-electron chi connectivity index (χ4n) is 3.15. The molecular formula is C17H22N4O5S. The van der Waals surface area contributed by atoms with Crippen molar-refractivity contribution in [1.82, 2.24) is 10.2 Å². The van der Waals surface area contributed by atoms with Gasteiger partial charge in [0.25, 0.3) is 5.91 Å². The molecule has 2 aliphatic rings. The Labute approximate surface area is 157 Å². The molecule has 27 heavy (non-hydrogen) atoms. The first-order valence-electron chi connectivity index (χ1n) is 8.52. The van der Waals surface area contributed by atoms with Crippen LogP contribution in [0, 0.1) is 12.8 Å². The average molecular weight is 394 g/mol. The van der Waals surface area contributed by atoms with Crippen LogP contribution in [0.5, 0.6) is 0 Å². The van der Waals surface area contributed by atoms with E-state index in [-0.39, 0.29) is 5.92 Å². The van der Waals surface area contributed by atoms with Crippen molar-refractivity contribution in [2.75, 3.05) is 22.8 Å². The second kappa shape index (κ2) is 6.52. The minimum Gasteiger partial charge on any atom is -0.324 e. The Morgan fingerprint density at radius 1 is 1.33 bits per heavy atom. The summed E-state index contributed by atoms with van der Waals surface area (Å²) in [7, 11) is -3.46. The second-order valence-electron chi connectivity index (χ2n) is 7.25. The van der Waals surface area contributed by atoms with E-state index in [4.69, 9.17) is 0 Å². The number of carbonyl (C=O) groups is 3. The molecule has 2 fully saturated rings. The van der Waals surface area contributed by atoms with Crippen LogP contribution in [0.3, 0.4) is 0 Å². The Hall–Kier alpha value is -2.62. The van der Waals surface area contributed by atoms with Crippen LogP contribution in [-0.4, -0.2) is 49.5 Å². The molecule has 1 aromatic rings. The fourth-order valence-corrected chi connectivity index (χ4v) is 3.77. The minimum absolute atomic E-state index is 0.115. The molecule has 1 saturated heterocycles. The van der Waals surface area contributed by atoms with Gasteiger partial charge in [0.05, 0.1) is 11.9 Å². The number of amides is 4. The molecule has 146 valence electrons. The van der Waals surface area contributed by atoms with Crippen molar-refractivity contribution in [1.29, 1.82) is 0 Å². The van der Waals surface area contributed by atoms with E-state index in [2.05, 4.69) is 15.4 Å². The first-order valence-corrected chi connectivity index (χ1v) is 10.4. The van der Waals surface area contributed by atoms with Gasteiger partial charge in [0.15, 0.2) is 0 Å². The first-order chi connectivity index (χ1) is 12.5. The van der Waals surface area contributed by atoms with Crippen molar-refractivity contribution in [3.63, 3.8) is 0 Å². The van der Waals surface area contributed by atoms with Crippen molar-refractivity contribution in [3.05, 3.63) is 23.8 Å². The number of aryl methyl sites for hydroxylation is 1. The van der Waals surface area contributed by atoms with E-state index in [1.165, 1.54) is 6.07 Å². The SMILES string of the molecule is Cc1ccc(NC(=O)CN2C(=O)NC(C)(C3CC3)C2=O)cc1NS(C)(=O)=O. The van der Waals surface area contributed by atoms with Gasteiger partial charge in [-0.15, -0.1) is 0 Å². The number of hydrogen-bond acceptors (Lipinski definition) is 5. The third-order valence-electron chi connectivity index (χ3n) is 4.81. The summed E-state index contributed by atoms with van der Waals surface area (Å²) >= 11 is 0. The lowest BCUT2D eigenvalue weighted by Gasteiger charge is -2.20. The highest BCUT2D eigenvalue weighted by atomic mass is 32.2. The summed E-state index contributed by atoms with van der Waals surface area (Å²) in [5.74, 6) is -0.829. The standard InChI is InChI=1S/C17H22N4O5S/c1-10-4-7-12(8-13(10)20-27(3,25)26)18-14(22)9-21-15(23)17(2,11-5-6-11)19-16(21)24/h4,7-8,11,20H,5-6,9H2,1-3H3,(H,18,22)(H,19,24). The molecule has 10 heteroatoms. The Kier molecular flexibility index (Phi) is 4.62. The van der Waals surface area contributed by atoms with E-state index >= 15 is 0 Å². The number of benzene rings is 1. The van der Waals surface area contributed by atoms with Gasteiger partial charge in [0.1, 0.15) is 12.1 Å². The van der Waals surface area contributed by atoms with Crippen LogP contribution in [0.1, 0.15) is 25.3 Å². The molecular weight excluding hydrogens is 372 g/mol. The largest absolute Gasteiger partial charge is 0.325 e. The maximum Gasteiger partial charge on any atom is 0.325 e. The van der Waals surface area contributed by atoms with Crippen LogP contribution in [0.15, 0.2) is 18.2 Å². The Balaban J connectivity index is 1.68. The Morgan fingerprint density at radius 2 is 2.00 bits per heavy atom. The molecule has 1 unspecified atom stereocenters. The molecule has 0 aromatic heterocycles. The number of urea groups is 1. The van der Waals surface area contributed by atoms with Gasteiger partial charge in [0, 0.05) is 5.69 Å². The van der Waals surface area contributed by atoms with Crippen LogP contribution in [0.25, 0.3) is 0 Å². The predicted octanol–water partition coefficient (Wildman–Crippen LogP) is 1.03. The number of nitrogens with one attached hydrogen (secondary N) is 3. The maximum atomic E-state index is 12.5. The van der Waals surface area contributed by atoms with Gasteiger partial charge in [-0.3, -0.25) is 19.2 Å². The summed E-state index contributed by atoms with van der Waals surface area (Å²) in [6.45, 7) is 3.01. The molecule has 3 N–H and O–H groups in total. The molecule has 1 heterocycles.